The molecular formula is C32H42FN3O7S. The van der Waals surface area contributed by atoms with Crippen LogP contribution in [-0.2, 0) is 55.9 Å². The first kappa shape index (κ1) is 35.2. The van der Waals surface area contributed by atoms with Crippen molar-refractivity contribution in [3.05, 3.63) is 61.7 Å². The van der Waals surface area contributed by atoms with Crippen LogP contribution < -0.4 is 11.3 Å². The molecule has 1 aromatic carbocycles. The zero-order chi connectivity index (χ0) is 32.7. The van der Waals surface area contributed by atoms with Gasteiger partial charge in [-0.25, -0.2) is 9.37 Å². The van der Waals surface area contributed by atoms with Gasteiger partial charge in [0, 0.05) is 51.8 Å². The molecule has 2 unspecified atom stereocenters. The number of halogens is 1. The Morgan fingerprint density at radius 3 is 2.52 bits per heavy atom. The smallest absolute Gasteiger partial charge is 0.257 e. The number of primary amides is 1. The van der Waals surface area contributed by atoms with Gasteiger partial charge in [0.2, 0.25) is 5.91 Å². The predicted molar refractivity (Wildman–Crippen MR) is 169 cm³/mol. The summed E-state index contributed by atoms with van der Waals surface area (Å²) in [5.41, 5.74) is 10.5. The summed E-state index contributed by atoms with van der Waals surface area (Å²) in [6.07, 6.45) is 1.67. The number of nitrogens with two attached hydrogens (primary N) is 1. The Morgan fingerprint density at radius 1 is 1.23 bits per heavy atom. The van der Waals surface area contributed by atoms with Crippen molar-refractivity contribution in [1.82, 2.24) is 9.55 Å². The SMILES string of the molecule is CC.CC(C)OCCS(=O)CC(N)=O.COCc1c(C(O)C=O)cc2n(c1=O)Cc1c-2nc2cc(F)c(C)c3c2c1CCC3. The van der Waals surface area contributed by atoms with Gasteiger partial charge in [0.05, 0.1) is 42.8 Å². The summed E-state index contributed by atoms with van der Waals surface area (Å²) >= 11 is 0. The van der Waals surface area contributed by atoms with E-state index in [9.17, 15) is 28.1 Å². The number of benzene rings is 1. The zero-order valence-corrected chi connectivity index (χ0v) is 27.0. The first-order valence-electron chi connectivity index (χ1n) is 14.8. The van der Waals surface area contributed by atoms with Gasteiger partial charge in [0.1, 0.15) is 17.7 Å². The van der Waals surface area contributed by atoms with E-state index in [0.717, 1.165) is 41.3 Å². The van der Waals surface area contributed by atoms with E-state index >= 15 is 0 Å². The number of aldehydes is 1. The highest BCUT2D eigenvalue weighted by Gasteiger charge is 2.31. The highest BCUT2D eigenvalue weighted by molar-refractivity contribution is 7.85. The van der Waals surface area contributed by atoms with Gasteiger partial charge in [0.15, 0.2) is 6.29 Å². The van der Waals surface area contributed by atoms with Crippen molar-refractivity contribution in [2.45, 2.75) is 79.2 Å². The summed E-state index contributed by atoms with van der Waals surface area (Å²) in [6.45, 7) is 10.4. The van der Waals surface area contributed by atoms with E-state index in [1.165, 1.54) is 13.2 Å². The van der Waals surface area contributed by atoms with Gasteiger partial charge in [-0.3, -0.25) is 13.8 Å². The average molecular weight is 632 g/mol. The molecule has 3 heterocycles. The molecule has 240 valence electrons. The van der Waals surface area contributed by atoms with Crippen molar-refractivity contribution >= 4 is 33.9 Å². The van der Waals surface area contributed by atoms with Crippen LogP contribution in [0.4, 0.5) is 4.39 Å². The number of amides is 1. The Morgan fingerprint density at radius 2 is 1.91 bits per heavy atom. The summed E-state index contributed by atoms with van der Waals surface area (Å²) in [5, 5.41) is 11.2. The number of ether oxygens (including phenoxy) is 2. The number of aryl methyl sites for hydroxylation is 2. The van der Waals surface area contributed by atoms with E-state index in [4.69, 9.17) is 20.2 Å². The van der Waals surface area contributed by atoms with E-state index < -0.39 is 22.8 Å². The molecule has 0 saturated carbocycles. The number of methoxy groups -OCH3 is 1. The van der Waals surface area contributed by atoms with Gasteiger partial charge < -0.3 is 29.7 Å². The largest absolute Gasteiger partial charge is 0.381 e. The number of aromatic nitrogens is 2. The third kappa shape index (κ3) is 7.48. The number of carbonyl (C=O) groups is 2. The second-order valence-corrected chi connectivity index (χ2v) is 12.2. The minimum Gasteiger partial charge on any atom is -0.381 e. The van der Waals surface area contributed by atoms with E-state index in [1.807, 2.05) is 27.7 Å². The molecule has 2 atom stereocenters. The number of hydrogen-bond donors (Lipinski definition) is 2. The number of aliphatic hydroxyl groups is 1. The topological polar surface area (TPSA) is 151 Å². The summed E-state index contributed by atoms with van der Waals surface area (Å²) in [4.78, 5) is 39.5. The third-order valence-corrected chi connectivity index (χ3v) is 8.69. The fourth-order valence-electron chi connectivity index (χ4n) is 5.56. The predicted octanol–water partition coefficient (Wildman–Crippen LogP) is 3.41. The molecule has 0 bridgehead atoms. The first-order valence-corrected chi connectivity index (χ1v) is 16.2. The molecule has 1 aliphatic heterocycles. The molecule has 3 aromatic rings. The van der Waals surface area contributed by atoms with E-state index in [1.54, 1.807) is 17.6 Å². The molecule has 2 aromatic heterocycles. The van der Waals surface area contributed by atoms with Crippen LogP contribution in [0.3, 0.4) is 0 Å². The number of rotatable bonds is 10. The number of hydrogen-bond acceptors (Lipinski definition) is 8. The first-order chi connectivity index (χ1) is 21.0. The molecule has 3 N–H and O–H groups in total. The van der Waals surface area contributed by atoms with Crippen LogP contribution in [-0.4, -0.2) is 62.4 Å². The van der Waals surface area contributed by atoms with Gasteiger partial charge in [-0.15, -0.1) is 0 Å². The number of fused-ring (bicyclic) bond motifs is 4. The van der Waals surface area contributed by atoms with Crippen LogP contribution in [0.1, 0.15) is 73.6 Å². The Kier molecular flexibility index (Phi) is 12.5. The van der Waals surface area contributed by atoms with E-state index in [0.29, 0.717) is 47.7 Å². The quantitative estimate of drug-likeness (QED) is 0.253. The molecule has 12 heteroatoms. The van der Waals surface area contributed by atoms with Gasteiger partial charge >= 0.3 is 0 Å². The van der Waals surface area contributed by atoms with Gasteiger partial charge in [-0.2, -0.15) is 0 Å². The van der Waals surface area contributed by atoms with Crippen molar-refractivity contribution < 1.29 is 32.8 Å². The van der Waals surface area contributed by atoms with Crippen LogP contribution in [0, 0.1) is 12.7 Å². The Hall–Kier alpha value is -3.32. The molecule has 0 spiro atoms. The van der Waals surface area contributed by atoms with Crippen molar-refractivity contribution in [3.8, 4) is 11.4 Å². The van der Waals surface area contributed by atoms with Gasteiger partial charge in [-0.1, -0.05) is 13.8 Å². The minimum absolute atomic E-state index is 0.00743. The standard InChI is InChI=1S/C23H21FN2O4.C7H15NO3S.C2H6/c1-11-12-4-3-5-13-15-8-26-19(22(15)25-18(21(12)13)7-17(11)24)6-14(20(28)9-27)16(10-30-2)23(26)29;1-6(2)11-3-4-12(10)5-7(8)9;1-2/h6-7,9,20,28H,3-5,8,10H2,1-2H3;6H,3-5H2,1-2H3,(H2,8,9);1-2H3. The van der Waals surface area contributed by atoms with Gasteiger partial charge in [0.25, 0.3) is 5.56 Å². The van der Waals surface area contributed by atoms with Crippen molar-refractivity contribution in [1.29, 1.82) is 0 Å². The summed E-state index contributed by atoms with van der Waals surface area (Å²) < 4.78 is 37.4. The van der Waals surface area contributed by atoms with E-state index in [-0.39, 0.29) is 41.0 Å². The second-order valence-electron chi connectivity index (χ2n) is 10.7. The molecule has 44 heavy (non-hydrogen) atoms. The second kappa shape index (κ2) is 15.6. The molecule has 2 aliphatic rings. The summed E-state index contributed by atoms with van der Waals surface area (Å²) in [7, 11) is 0.292. The Labute approximate surface area is 259 Å². The maximum absolute atomic E-state index is 14.5. The van der Waals surface area contributed by atoms with Crippen LogP contribution >= 0.6 is 0 Å². The molecular weight excluding hydrogens is 589 g/mol. The Bertz CT molecular complexity index is 1620. The zero-order valence-electron chi connectivity index (χ0n) is 26.2. The maximum atomic E-state index is 14.5. The van der Waals surface area contributed by atoms with Crippen LogP contribution in [0.25, 0.3) is 22.3 Å². The number of aliphatic hydroxyl groups excluding tert-OH is 1. The molecule has 1 aliphatic carbocycles. The highest BCUT2D eigenvalue weighted by Crippen LogP contribution is 2.41. The molecule has 10 nitrogen and oxygen atoms in total. The Balaban J connectivity index is 0.000000322. The molecule has 0 saturated heterocycles. The molecule has 0 radical (unpaired) electrons. The van der Waals surface area contributed by atoms with E-state index in [2.05, 4.69) is 0 Å². The fraction of sp³-hybridized carbons (Fsp3) is 0.500. The highest BCUT2D eigenvalue weighted by atomic mass is 32.2. The number of carbonyl (C=O) groups excluding carboxylic acids is 2. The molecule has 1 amide bonds. The van der Waals surface area contributed by atoms with Crippen LogP contribution in [0.15, 0.2) is 16.9 Å². The van der Waals surface area contributed by atoms with Crippen molar-refractivity contribution in [2.24, 2.45) is 5.73 Å². The fourth-order valence-corrected chi connectivity index (χ4v) is 6.30. The lowest BCUT2D eigenvalue weighted by Crippen LogP contribution is -2.26. The molecule has 5 rings (SSSR count). The van der Waals surface area contributed by atoms with Crippen molar-refractivity contribution in [2.75, 3.05) is 25.2 Å². The lowest BCUT2D eigenvalue weighted by molar-refractivity contribution is -0.116. The number of nitrogens with zero attached hydrogens (tertiary/aromatic N) is 2. The van der Waals surface area contributed by atoms with Crippen LogP contribution in [0.5, 0.6) is 0 Å². The normalized spacial score (nSPS) is 14.1. The monoisotopic (exact) mass is 631 g/mol. The van der Waals surface area contributed by atoms with Crippen LogP contribution in [0.2, 0.25) is 0 Å². The lowest BCUT2D eigenvalue weighted by atomic mass is 9.85. The third-order valence-electron chi connectivity index (χ3n) is 7.47. The summed E-state index contributed by atoms with van der Waals surface area (Å²) in [6, 6.07) is 3.10. The minimum atomic E-state index is -1.43. The summed E-state index contributed by atoms with van der Waals surface area (Å²) in [5.74, 6) is -0.499. The average Bonchev–Trinajstić information content (AvgIpc) is 3.36. The van der Waals surface area contributed by atoms with Gasteiger partial charge in [-0.05, 0) is 62.8 Å². The molecule has 0 fully saturated rings. The number of pyridine rings is 2. The maximum Gasteiger partial charge on any atom is 0.257 e. The lowest BCUT2D eigenvalue weighted by Gasteiger charge is -2.21. The van der Waals surface area contributed by atoms with Crippen molar-refractivity contribution in [3.63, 3.8) is 0 Å².